The molecule has 0 atom stereocenters. The van der Waals surface area contributed by atoms with Gasteiger partial charge in [0.25, 0.3) is 0 Å². The van der Waals surface area contributed by atoms with E-state index in [1.54, 1.807) is 0 Å². The van der Waals surface area contributed by atoms with E-state index in [-0.39, 0.29) is 5.41 Å². The van der Waals surface area contributed by atoms with Crippen LogP contribution in [0.4, 0.5) is 0 Å². The topological polar surface area (TPSA) is 20.2 Å². The average molecular weight is 144 g/mol. The molecule has 0 radical (unpaired) electrons. The molecule has 0 saturated heterocycles. The Morgan fingerprint density at radius 3 is 1.30 bits per heavy atom. The lowest BCUT2D eigenvalue weighted by atomic mass is 9.69. The fourth-order valence-corrected chi connectivity index (χ4v) is 0.706. The second-order valence-electron chi connectivity index (χ2n) is 4.44. The summed E-state index contributed by atoms with van der Waals surface area (Å²) in [4.78, 5) is 0. The van der Waals surface area contributed by atoms with E-state index in [4.69, 9.17) is 0 Å². The smallest absolute Gasteiger partial charge is 0.0644 e. The van der Waals surface area contributed by atoms with Crippen LogP contribution in [0.2, 0.25) is 0 Å². The molecule has 0 aliphatic heterocycles. The monoisotopic (exact) mass is 144 g/mol. The van der Waals surface area contributed by atoms with Gasteiger partial charge in [-0.2, -0.15) is 0 Å². The molecular formula is C9H20O. The summed E-state index contributed by atoms with van der Waals surface area (Å²) in [6, 6.07) is 0. The third-order valence-corrected chi connectivity index (χ3v) is 3.02. The number of hydrogen-bond acceptors (Lipinski definition) is 1. The van der Waals surface area contributed by atoms with Crippen LogP contribution in [0.5, 0.6) is 0 Å². The zero-order chi connectivity index (χ0) is 8.58. The van der Waals surface area contributed by atoms with Crippen LogP contribution in [0, 0.1) is 11.3 Å². The highest BCUT2D eigenvalue weighted by Crippen LogP contribution is 2.37. The van der Waals surface area contributed by atoms with Crippen LogP contribution < -0.4 is 0 Å². The van der Waals surface area contributed by atoms with Crippen LogP contribution in [0.15, 0.2) is 0 Å². The molecule has 0 aromatic rings. The minimum atomic E-state index is -0.582. The van der Waals surface area contributed by atoms with Crippen LogP contribution in [0.1, 0.15) is 41.5 Å². The van der Waals surface area contributed by atoms with Gasteiger partial charge in [0.05, 0.1) is 5.60 Å². The SMILES string of the molecule is CC(C)C(C)(C)C(C)(C)O. The van der Waals surface area contributed by atoms with Crippen molar-refractivity contribution in [3.63, 3.8) is 0 Å². The van der Waals surface area contributed by atoms with E-state index in [0.29, 0.717) is 5.92 Å². The highest BCUT2D eigenvalue weighted by atomic mass is 16.3. The van der Waals surface area contributed by atoms with Gasteiger partial charge in [0.2, 0.25) is 0 Å². The maximum absolute atomic E-state index is 9.72. The molecule has 0 bridgehead atoms. The van der Waals surface area contributed by atoms with E-state index in [1.807, 2.05) is 13.8 Å². The Balaban J connectivity index is 4.40. The number of rotatable bonds is 2. The lowest BCUT2D eigenvalue weighted by Crippen LogP contribution is -2.42. The van der Waals surface area contributed by atoms with Gasteiger partial charge in [-0.05, 0) is 25.2 Å². The van der Waals surface area contributed by atoms with Crippen LogP contribution in [-0.4, -0.2) is 10.7 Å². The van der Waals surface area contributed by atoms with Crippen molar-refractivity contribution in [2.24, 2.45) is 11.3 Å². The number of hydrogen-bond donors (Lipinski definition) is 1. The Bertz CT molecular complexity index is 106. The minimum Gasteiger partial charge on any atom is -0.390 e. The zero-order valence-corrected chi connectivity index (χ0v) is 8.02. The zero-order valence-electron chi connectivity index (χ0n) is 8.02. The lowest BCUT2D eigenvalue weighted by molar-refractivity contribution is -0.0604. The maximum atomic E-state index is 9.72. The van der Waals surface area contributed by atoms with Gasteiger partial charge < -0.3 is 5.11 Å². The first-order valence-electron chi connectivity index (χ1n) is 3.92. The second-order valence-corrected chi connectivity index (χ2v) is 4.44. The van der Waals surface area contributed by atoms with Crippen LogP contribution >= 0.6 is 0 Å². The van der Waals surface area contributed by atoms with Gasteiger partial charge in [0.15, 0.2) is 0 Å². The molecule has 0 aliphatic rings. The third kappa shape index (κ3) is 1.72. The first-order chi connectivity index (χ1) is 4.19. The molecule has 10 heavy (non-hydrogen) atoms. The standard InChI is InChI=1S/C9H20O/c1-7(2)8(3,4)9(5,6)10/h7,10H,1-6H3. The molecule has 0 aromatic heterocycles. The first kappa shape index (κ1) is 9.96. The van der Waals surface area contributed by atoms with E-state index in [0.717, 1.165) is 0 Å². The fraction of sp³-hybridized carbons (Fsp3) is 1.00. The minimum absolute atomic E-state index is 0.00694. The molecule has 0 fully saturated rings. The van der Waals surface area contributed by atoms with Crippen molar-refractivity contribution in [3.05, 3.63) is 0 Å². The summed E-state index contributed by atoms with van der Waals surface area (Å²) in [6.07, 6.45) is 0. The van der Waals surface area contributed by atoms with Gasteiger partial charge >= 0.3 is 0 Å². The number of aliphatic hydroxyl groups is 1. The molecule has 62 valence electrons. The molecule has 0 aromatic carbocycles. The second kappa shape index (κ2) is 2.54. The molecule has 0 unspecified atom stereocenters. The Morgan fingerprint density at radius 2 is 1.30 bits per heavy atom. The van der Waals surface area contributed by atoms with Crippen LogP contribution in [0.25, 0.3) is 0 Å². The molecule has 1 nitrogen and oxygen atoms in total. The lowest BCUT2D eigenvalue weighted by Gasteiger charge is -2.40. The van der Waals surface area contributed by atoms with E-state index in [1.165, 1.54) is 0 Å². The molecule has 0 saturated carbocycles. The van der Waals surface area contributed by atoms with Crippen molar-refractivity contribution in [3.8, 4) is 0 Å². The van der Waals surface area contributed by atoms with E-state index in [2.05, 4.69) is 27.7 Å². The summed E-state index contributed by atoms with van der Waals surface area (Å²) in [7, 11) is 0. The normalized spacial score (nSPS) is 14.4. The summed E-state index contributed by atoms with van der Waals surface area (Å²) >= 11 is 0. The summed E-state index contributed by atoms with van der Waals surface area (Å²) in [5.41, 5.74) is -0.589. The molecule has 0 aliphatic carbocycles. The van der Waals surface area contributed by atoms with Gasteiger partial charge in [-0.1, -0.05) is 27.7 Å². The van der Waals surface area contributed by atoms with Crippen LogP contribution in [0.3, 0.4) is 0 Å². The highest BCUT2D eigenvalue weighted by molar-refractivity contribution is 4.87. The van der Waals surface area contributed by atoms with Gasteiger partial charge in [0, 0.05) is 0 Å². The van der Waals surface area contributed by atoms with Gasteiger partial charge in [-0.3, -0.25) is 0 Å². The quantitative estimate of drug-likeness (QED) is 0.631. The van der Waals surface area contributed by atoms with E-state index < -0.39 is 5.60 Å². The summed E-state index contributed by atoms with van der Waals surface area (Å²) in [5, 5.41) is 9.72. The van der Waals surface area contributed by atoms with Crippen molar-refractivity contribution in [1.29, 1.82) is 0 Å². The van der Waals surface area contributed by atoms with Crippen molar-refractivity contribution >= 4 is 0 Å². The van der Waals surface area contributed by atoms with Gasteiger partial charge in [-0.25, -0.2) is 0 Å². The summed E-state index contributed by atoms with van der Waals surface area (Å²) < 4.78 is 0. The van der Waals surface area contributed by atoms with Crippen molar-refractivity contribution in [2.45, 2.75) is 47.1 Å². The third-order valence-electron chi connectivity index (χ3n) is 3.02. The molecule has 0 rings (SSSR count). The van der Waals surface area contributed by atoms with Crippen LogP contribution in [-0.2, 0) is 0 Å². The maximum Gasteiger partial charge on any atom is 0.0644 e. The predicted octanol–water partition coefficient (Wildman–Crippen LogP) is 2.44. The molecule has 1 N–H and O–H groups in total. The van der Waals surface area contributed by atoms with Crippen molar-refractivity contribution < 1.29 is 5.11 Å². The Morgan fingerprint density at radius 1 is 1.00 bits per heavy atom. The fourth-order valence-electron chi connectivity index (χ4n) is 0.706. The van der Waals surface area contributed by atoms with E-state index >= 15 is 0 Å². The predicted molar refractivity (Wildman–Crippen MR) is 44.9 cm³/mol. The molecule has 0 heterocycles. The van der Waals surface area contributed by atoms with Crippen molar-refractivity contribution in [2.75, 3.05) is 0 Å². The molecular weight excluding hydrogens is 124 g/mol. The van der Waals surface area contributed by atoms with Gasteiger partial charge in [-0.15, -0.1) is 0 Å². The largest absolute Gasteiger partial charge is 0.390 e. The average Bonchev–Trinajstić information content (AvgIpc) is 1.62. The van der Waals surface area contributed by atoms with E-state index in [9.17, 15) is 5.11 Å². The summed E-state index contributed by atoms with van der Waals surface area (Å²) in [6.45, 7) is 12.2. The molecule has 0 amide bonds. The van der Waals surface area contributed by atoms with Crippen molar-refractivity contribution in [1.82, 2.24) is 0 Å². The first-order valence-corrected chi connectivity index (χ1v) is 3.92. The Labute approximate surface area is 64.5 Å². The molecule has 0 spiro atoms. The Hall–Kier alpha value is -0.0400. The van der Waals surface area contributed by atoms with Gasteiger partial charge in [0.1, 0.15) is 0 Å². The Kier molecular flexibility index (Phi) is 2.53. The molecule has 1 heteroatoms. The summed E-state index contributed by atoms with van der Waals surface area (Å²) in [5.74, 6) is 0.507. The highest BCUT2D eigenvalue weighted by Gasteiger charge is 2.37.